The fraction of sp³-hybridized carbons (Fsp3) is 0.524. The first-order valence-corrected chi connectivity index (χ1v) is 9.65. The van der Waals surface area contributed by atoms with Crippen LogP contribution in [-0.2, 0) is 23.8 Å². The Kier molecular flexibility index (Phi) is 10.3. The van der Waals surface area contributed by atoms with Crippen LogP contribution in [-0.4, -0.2) is 76.6 Å². The molecule has 0 aliphatic rings. The van der Waals surface area contributed by atoms with Crippen molar-refractivity contribution in [1.82, 2.24) is 0 Å². The van der Waals surface area contributed by atoms with E-state index in [1.54, 1.807) is 20.8 Å². The third-order valence-electron chi connectivity index (χ3n) is 4.33. The van der Waals surface area contributed by atoms with Gasteiger partial charge in [0.05, 0.1) is 5.56 Å². The second-order valence-electron chi connectivity index (χ2n) is 7.42. The predicted octanol–water partition coefficient (Wildman–Crippen LogP) is 0.404. The maximum atomic E-state index is 11.9. The molecule has 10 heteroatoms. The number of benzene rings is 1. The molecule has 3 N–H and O–H groups in total. The van der Waals surface area contributed by atoms with E-state index in [1.165, 1.54) is 24.3 Å². The number of aliphatic hydroxyl groups is 3. The molecule has 10 nitrogen and oxygen atoms in total. The first kappa shape index (κ1) is 26.2. The maximum absolute atomic E-state index is 11.9. The summed E-state index contributed by atoms with van der Waals surface area (Å²) < 4.78 is 14.7. The standard InChI is InChI=1S/C21H28O10/c1-4-21(2,3)31-20(28)17(25)9-16(24)19(27)30-12-15(23)11-29-18(26)14-7-5-13(10-22)6-8-14/h5-8,10,15-17,23-25H,4,9,11-12H2,1-3H3. The maximum Gasteiger partial charge on any atom is 0.338 e. The van der Waals surface area contributed by atoms with Crippen LogP contribution in [0.2, 0.25) is 0 Å². The molecule has 0 saturated heterocycles. The van der Waals surface area contributed by atoms with Gasteiger partial charge in [-0.15, -0.1) is 0 Å². The van der Waals surface area contributed by atoms with Crippen LogP contribution in [0.5, 0.6) is 0 Å². The topological polar surface area (TPSA) is 157 Å². The van der Waals surface area contributed by atoms with E-state index in [-0.39, 0.29) is 5.56 Å². The zero-order valence-electron chi connectivity index (χ0n) is 17.6. The molecule has 1 aromatic carbocycles. The molecule has 1 aromatic rings. The molecule has 0 heterocycles. The molecule has 3 unspecified atom stereocenters. The monoisotopic (exact) mass is 440 g/mol. The van der Waals surface area contributed by atoms with E-state index in [0.29, 0.717) is 18.3 Å². The Morgan fingerprint density at radius 2 is 1.52 bits per heavy atom. The van der Waals surface area contributed by atoms with Crippen LogP contribution in [0.1, 0.15) is 54.3 Å². The van der Waals surface area contributed by atoms with Gasteiger partial charge in [0.25, 0.3) is 0 Å². The van der Waals surface area contributed by atoms with Gasteiger partial charge in [-0.05, 0) is 32.4 Å². The van der Waals surface area contributed by atoms with Gasteiger partial charge < -0.3 is 29.5 Å². The Morgan fingerprint density at radius 1 is 0.968 bits per heavy atom. The van der Waals surface area contributed by atoms with Gasteiger partial charge in [0.1, 0.15) is 31.2 Å². The van der Waals surface area contributed by atoms with Crippen LogP contribution in [0.25, 0.3) is 0 Å². The van der Waals surface area contributed by atoms with E-state index >= 15 is 0 Å². The normalized spacial score (nSPS) is 14.1. The summed E-state index contributed by atoms with van der Waals surface area (Å²) in [6.45, 7) is 4.01. The van der Waals surface area contributed by atoms with Gasteiger partial charge in [0.15, 0.2) is 12.2 Å². The molecule has 0 aliphatic heterocycles. The number of aldehydes is 1. The molecular formula is C21H28O10. The minimum atomic E-state index is -1.82. The highest BCUT2D eigenvalue weighted by Gasteiger charge is 2.30. The van der Waals surface area contributed by atoms with Crippen LogP contribution in [0, 0.1) is 0 Å². The summed E-state index contributed by atoms with van der Waals surface area (Å²) in [4.78, 5) is 46.0. The van der Waals surface area contributed by atoms with Gasteiger partial charge in [-0.25, -0.2) is 14.4 Å². The van der Waals surface area contributed by atoms with E-state index in [1.807, 2.05) is 0 Å². The molecule has 31 heavy (non-hydrogen) atoms. The van der Waals surface area contributed by atoms with Crippen molar-refractivity contribution in [3.63, 3.8) is 0 Å². The number of hydrogen-bond acceptors (Lipinski definition) is 10. The number of hydrogen-bond donors (Lipinski definition) is 3. The van der Waals surface area contributed by atoms with Gasteiger partial charge >= 0.3 is 17.9 Å². The van der Waals surface area contributed by atoms with Crippen molar-refractivity contribution in [1.29, 1.82) is 0 Å². The number of aliphatic hydroxyl groups excluding tert-OH is 3. The van der Waals surface area contributed by atoms with E-state index in [0.717, 1.165) is 0 Å². The molecule has 172 valence electrons. The Bertz CT molecular complexity index is 756. The zero-order chi connectivity index (χ0) is 23.6. The van der Waals surface area contributed by atoms with Gasteiger partial charge in [0, 0.05) is 12.0 Å². The summed E-state index contributed by atoms with van der Waals surface area (Å²) in [5, 5.41) is 29.3. The summed E-state index contributed by atoms with van der Waals surface area (Å²) in [6, 6.07) is 5.62. The lowest BCUT2D eigenvalue weighted by molar-refractivity contribution is -0.171. The van der Waals surface area contributed by atoms with E-state index in [2.05, 4.69) is 0 Å². The molecule has 0 saturated carbocycles. The molecule has 0 aliphatic carbocycles. The smallest absolute Gasteiger partial charge is 0.338 e. The fourth-order valence-corrected chi connectivity index (χ4v) is 2.09. The van der Waals surface area contributed by atoms with Crippen molar-refractivity contribution < 1.29 is 48.7 Å². The average molecular weight is 440 g/mol. The van der Waals surface area contributed by atoms with Crippen LogP contribution in [0.3, 0.4) is 0 Å². The SMILES string of the molecule is CCC(C)(C)OC(=O)C(O)CC(O)C(=O)OCC(O)COC(=O)c1ccc(C=O)cc1. The van der Waals surface area contributed by atoms with Gasteiger partial charge in [-0.3, -0.25) is 4.79 Å². The number of carbonyl (C=O) groups excluding carboxylic acids is 4. The highest BCUT2D eigenvalue weighted by Crippen LogP contribution is 2.16. The zero-order valence-corrected chi connectivity index (χ0v) is 17.6. The summed E-state index contributed by atoms with van der Waals surface area (Å²) in [7, 11) is 0. The third-order valence-corrected chi connectivity index (χ3v) is 4.33. The summed E-state index contributed by atoms with van der Waals surface area (Å²) >= 11 is 0. The van der Waals surface area contributed by atoms with E-state index in [9.17, 15) is 34.5 Å². The molecule has 0 fully saturated rings. The highest BCUT2D eigenvalue weighted by molar-refractivity contribution is 5.90. The average Bonchev–Trinajstić information content (AvgIpc) is 2.75. The summed E-state index contributed by atoms with van der Waals surface area (Å²) in [5.41, 5.74) is -0.256. The van der Waals surface area contributed by atoms with Crippen LogP contribution >= 0.6 is 0 Å². The Labute approximate surface area is 179 Å². The lowest BCUT2D eigenvalue weighted by Crippen LogP contribution is -2.38. The number of carbonyl (C=O) groups is 4. The second kappa shape index (κ2) is 12.1. The summed E-state index contributed by atoms with van der Waals surface area (Å²) in [5.74, 6) is -2.90. The van der Waals surface area contributed by atoms with Gasteiger partial charge in [0.2, 0.25) is 0 Å². The Balaban J connectivity index is 2.38. The highest BCUT2D eigenvalue weighted by atomic mass is 16.6. The molecule has 3 atom stereocenters. The number of esters is 3. The largest absolute Gasteiger partial charge is 0.461 e. The fourth-order valence-electron chi connectivity index (χ4n) is 2.09. The van der Waals surface area contributed by atoms with Crippen LogP contribution in [0.4, 0.5) is 0 Å². The van der Waals surface area contributed by atoms with Crippen molar-refractivity contribution in [3.05, 3.63) is 35.4 Å². The number of rotatable bonds is 12. The van der Waals surface area contributed by atoms with Crippen molar-refractivity contribution in [2.24, 2.45) is 0 Å². The van der Waals surface area contributed by atoms with Crippen LogP contribution in [0.15, 0.2) is 24.3 Å². The molecular weight excluding hydrogens is 412 g/mol. The quantitative estimate of drug-likeness (QED) is 0.236. The number of ether oxygens (including phenoxy) is 3. The van der Waals surface area contributed by atoms with Gasteiger partial charge in [-0.2, -0.15) is 0 Å². The molecule has 0 bridgehead atoms. The molecule has 0 spiro atoms. The van der Waals surface area contributed by atoms with E-state index < -0.39 is 61.5 Å². The van der Waals surface area contributed by atoms with Crippen molar-refractivity contribution >= 4 is 24.2 Å². The van der Waals surface area contributed by atoms with Crippen molar-refractivity contribution in [3.8, 4) is 0 Å². The minimum absolute atomic E-state index is 0.164. The van der Waals surface area contributed by atoms with Crippen molar-refractivity contribution in [2.45, 2.75) is 57.5 Å². The molecule has 0 aromatic heterocycles. The van der Waals surface area contributed by atoms with Gasteiger partial charge in [-0.1, -0.05) is 19.1 Å². The Morgan fingerprint density at radius 3 is 2.06 bits per heavy atom. The summed E-state index contributed by atoms with van der Waals surface area (Å²) in [6.07, 6.45) is -4.44. The first-order chi connectivity index (χ1) is 14.5. The van der Waals surface area contributed by atoms with Crippen molar-refractivity contribution in [2.75, 3.05) is 13.2 Å². The Hall–Kier alpha value is -2.82. The minimum Gasteiger partial charge on any atom is -0.461 e. The van der Waals surface area contributed by atoms with E-state index in [4.69, 9.17) is 14.2 Å². The lowest BCUT2D eigenvalue weighted by Gasteiger charge is -2.25. The predicted molar refractivity (Wildman–Crippen MR) is 106 cm³/mol. The van der Waals surface area contributed by atoms with Crippen LogP contribution < -0.4 is 0 Å². The molecule has 1 rings (SSSR count). The molecule has 0 amide bonds. The first-order valence-electron chi connectivity index (χ1n) is 9.65. The second-order valence-corrected chi connectivity index (χ2v) is 7.42. The lowest BCUT2D eigenvalue weighted by atomic mass is 10.1. The molecule has 0 radical (unpaired) electrons. The third kappa shape index (κ3) is 9.24.